The van der Waals surface area contributed by atoms with Crippen LogP contribution in [0.1, 0.15) is 239 Å². The minimum absolute atomic E-state index is 0.0782. The quantitative estimate of drug-likeness (QED) is 0.0266. The summed E-state index contributed by atoms with van der Waals surface area (Å²) in [6, 6.07) is 0. The highest BCUT2D eigenvalue weighted by Gasteiger charge is 2.19. The number of ether oxygens (including phenoxy) is 3. The van der Waals surface area contributed by atoms with Crippen molar-refractivity contribution >= 4 is 17.9 Å². The first-order valence-electron chi connectivity index (χ1n) is 23.5. The van der Waals surface area contributed by atoms with Gasteiger partial charge in [0.2, 0.25) is 0 Å². The summed E-state index contributed by atoms with van der Waals surface area (Å²) in [7, 11) is 0. The summed E-state index contributed by atoms with van der Waals surface area (Å²) < 4.78 is 16.6. The van der Waals surface area contributed by atoms with Crippen molar-refractivity contribution in [3.8, 4) is 0 Å². The van der Waals surface area contributed by atoms with Gasteiger partial charge in [-0.1, -0.05) is 186 Å². The van der Waals surface area contributed by atoms with Gasteiger partial charge < -0.3 is 14.2 Å². The number of rotatable bonds is 42. The van der Waals surface area contributed by atoms with E-state index in [4.69, 9.17) is 14.2 Å². The molecule has 0 N–H and O–H groups in total. The number of hydrogen-bond donors (Lipinski definition) is 0. The molecular formula is C49H88O6. The first kappa shape index (κ1) is 52.6. The number of carbonyl (C=O) groups is 3. The Bertz CT molecular complexity index is 938. The van der Waals surface area contributed by atoms with E-state index < -0.39 is 6.10 Å². The Morgan fingerprint density at radius 1 is 0.364 bits per heavy atom. The van der Waals surface area contributed by atoms with Crippen LogP contribution in [0.15, 0.2) is 36.5 Å². The summed E-state index contributed by atoms with van der Waals surface area (Å²) in [5.41, 5.74) is 0. The minimum Gasteiger partial charge on any atom is -0.462 e. The molecule has 0 radical (unpaired) electrons. The molecule has 55 heavy (non-hydrogen) atoms. The Morgan fingerprint density at radius 3 is 1.09 bits per heavy atom. The zero-order chi connectivity index (χ0) is 40.1. The lowest BCUT2D eigenvalue weighted by atomic mass is 10.1. The van der Waals surface area contributed by atoms with Gasteiger partial charge in [-0.3, -0.25) is 14.4 Å². The molecule has 0 bridgehead atoms. The van der Waals surface area contributed by atoms with Crippen molar-refractivity contribution in [1.29, 1.82) is 0 Å². The van der Waals surface area contributed by atoms with Gasteiger partial charge in [0.25, 0.3) is 0 Å². The van der Waals surface area contributed by atoms with Crippen molar-refractivity contribution < 1.29 is 28.6 Å². The number of carbonyl (C=O) groups excluding carboxylic acids is 3. The van der Waals surface area contributed by atoms with Crippen LogP contribution in [0.4, 0.5) is 0 Å². The van der Waals surface area contributed by atoms with Crippen molar-refractivity contribution in [3.63, 3.8) is 0 Å². The third-order valence-electron chi connectivity index (χ3n) is 10.1. The highest BCUT2D eigenvalue weighted by Crippen LogP contribution is 2.14. The van der Waals surface area contributed by atoms with Crippen LogP contribution < -0.4 is 0 Å². The van der Waals surface area contributed by atoms with Crippen LogP contribution in [0.5, 0.6) is 0 Å². The zero-order valence-corrected chi connectivity index (χ0v) is 36.4. The molecule has 0 rings (SSSR count). The molecule has 1 atom stereocenters. The molecule has 0 fully saturated rings. The fraction of sp³-hybridized carbons (Fsp3) is 0.816. The molecule has 6 heteroatoms. The van der Waals surface area contributed by atoms with E-state index in [2.05, 4.69) is 57.2 Å². The Kier molecular flexibility index (Phi) is 42.4. The smallest absolute Gasteiger partial charge is 0.306 e. The Balaban J connectivity index is 4.17. The third-order valence-corrected chi connectivity index (χ3v) is 10.1. The van der Waals surface area contributed by atoms with Crippen LogP contribution in [0, 0.1) is 0 Å². The SMILES string of the molecule is CCC/C=C\C/C=C\CCCCCCCC(=O)OC(COC(=O)CCCCCCC)COC(=O)CCCCCCCCCCC/C=C\CCCCCCCC. The summed E-state index contributed by atoms with van der Waals surface area (Å²) >= 11 is 0. The maximum Gasteiger partial charge on any atom is 0.306 e. The Labute approximate surface area is 340 Å². The summed E-state index contributed by atoms with van der Waals surface area (Å²) in [5.74, 6) is -0.906. The molecule has 0 aliphatic carbocycles. The molecule has 320 valence electrons. The summed E-state index contributed by atoms with van der Waals surface area (Å²) in [4.78, 5) is 37.5. The molecule has 0 aliphatic heterocycles. The molecule has 0 saturated carbocycles. The molecule has 0 aromatic heterocycles. The maximum absolute atomic E-state index is 12.7. The summed E-state index contributed by atoms with van der Waals surface area (Å²) in [5, 5.41) is 0. The second kappa shape index (κ2) is 44.3. The molecule has 0 aromatic rings. The number of unbranched alkanes of at least 4 members (excludes halogenated alkanes) is 25. The van der Waals surface area contributed by atoms with Gasteiger partial charge in [-0.25, -0.2) is 0 Å². The van der Waals surface area contributed by atoms with Gasteiger partial charge in [0.15, 0.2) is 6.10 Å². The molecule has 0 saturated heterocycles. The van der Waals surface area contributed by atoms with Crippen LogP contribution in [0.3, 0.4) is 0 Å². The largest absolute Gasteiger partial charge is 0.462 e. The molecule has 0 amide bonds. The Hall–Kier alpha value is -2.37. The van der Waals surface area contributed by atoms with Crippen molar-refractivity contribution in [2.45, 2.75) is 245 Å². The monoisotopic (exact) mass is 773 g/mol. The van der Waals surface area contributed by atoms with Crippen LogP contribution in [-0.2, 0) is 28.6 Å². The van der Waals surface area contributed by atoms with Crippen molar-refractivity contribution in [1.82, 2.24) is 0 Å². The normalized spacial score (nSPS) is 12.3. The van der Waals surface area contributed by atoms with Gasteiger partial charge >= 0.3 is 17.9 Å². The number of hydrogen-bond acceptors (Lipinski definition) is 6. The molecule has 0 aliphatic rings. The molecule has 0 heterocycles. The topological polar surface area (TPSA) is 78.9 Å². The minimum atomic E-state index is -0.773. The fourth-order valence-electron chi connectivity index (χ4n) is 6.53. The predicted molar refractivity (Wildman–Crippen MR) is 233 cm³/mol. The van der Waals surface area contributed by atoms with E-state index in [0.29, 0.717) is 19.3 Å². The fourth-order valence-corrected chi connectivity index (χ4v) is 6.53. The van der Waals surface area contributed by atoms with Crippen LogP contribution in [0.25, 0.3) is 0 Å². The molecule has 1 unspecified atom stereocenters. The second-order valence-electron chi connectivity index (χ2n) is 15.7. The predicted octanol–water partition coefficient (Wildman–Crippen LogP) is 15.0. The van der Waals surface area contributed by atoms with E-state index in [1.807, 2.05) is 0 Å². The van der Waals surface area contributed by atoms with Crippen molar-refractivity contribution in [2.24, 2.45) is 0 Å². The lowest BCUT2D eigenvalue weighted by molar-refractivity contribution is -0.167. The summed E-state index contributed by atoms with van der Waals surface area (Å²) in [6.07, 6.45) is 50.2. The maximum atomic E-state index is 12.7. The van der Waals surface area contributed by atoms with Gasteiger partial charge in [0.05, 0.1) is 0 Å². The van der Waals surface area contributed by atoms with Crippen LogP contribution >= 0.6 is 0 Å². The summed E-state index contributed by atoms with van der Waals surface area (Å²) in [6.45, 7) is 6.47. The van der Waals surface area contributed by atoms with Crippen molar-refractivity contribution in [3.05, 3.63) is 36.5 Å². The zero-order valence-electron chi connectivity index (χ0n) is 36.4. The first-order chi connectivity index (χ1) is 27.0. The van der Waals surface area contributed by atoms with E-state index in [-0.39, 0.29) is 31.1 Å². The van der Waals surface area contributed by atoms with E-state index >= 15 is 0 Å². The lowest BCUT2D eigenvalue weighted by Crippen LogP contribution is -2.30. The highest BCUT2D eigenvalue weighted by atomic mass is 16.6. The Morgan fingerprint density at radius 2 is 0.691 bits per heavy atom. The molecule has 0 aromatic carbocycles. The van der Waals surface area contributed by atoms with Crippen molar-refractivity contribution in [2.75, 3.05) is 13.2 Å². The van der Waals surface area contributed by atoms with Gasteiger partial charge in [-0.2, -0.15) is 0 Å². The van der Waals surface area contributed by atoms with E-state index in [0.717, 1.165) is 96.3 Å². The number of esters is 3. The van der Waals surface area contributed by atoms with E-state index in [1.165, 1.54) is 103 Å². The standard InChI is InChI=1S/C49H88O6/c1-4-7-10-13-15-17-19-21-22-23-24-25-26-28-29-31-33-36-39-42-48(51)54-45-46(44-53-47(50)41-38-35-12-9-6-3)55-49(52)43-40-37-34-32-30-27-20-18-16-14-11-8-5-2/h11,14,18,20-22,46H,4-10,12-13,15-17,19,23-45H2,1-3H3/b14-11-,20-18-,22-21-. The van der Waals surface area contributed by atoms with Gasteiger partial charge in [0, 0.05) is 19.3 Å². The number of allylic oxidation sites excluding steroid dienone is 6. The highest BCUT2D eigenvalue weighted by molar-refractivity contribution is 5.71. The van der Waals surface area contributed by atoms with Gasteiger partial charge in [-0.05, 0) is 70.6 Å². The second-order valence-corrected chi connectivity index (χ2v) is 15.7. The van der Waals surface area contributed by atoms with Gasteiger partial charge in [-0.15, -0.1) is 0 Å². The molecular weight excluding hydrogens is 685 g/mol. The van der Waals surface area contributed by atoms with Crippen LogP contribution in [0.2, 0.25) is 0 Å². The average molecular weight is 773 g/mol. The van der Waals surface area contributed by atoms with Crippen LogP contribution in [-0.4, -0.2) is 37.2 Å². The molecule has 6 nitrogen and oxygen atoms in total. The lowest BCUT2D eigenvalue weighted by Gasteiger charge is -2.18. The average Bonchev–Trinajstić information content (AvgIpc) is 3.18. The van der Waals surface area contributed by atoms with Gasteiger partial charge in [0.1, 0.15) is 13.2 Å². The molecule has 0 spiro atoms. The van der Waals surface area contributed by atoms with E-state index in [9.17, 15) is 14.4 Å². The van der Waals surface area contributed by atoms with E-state index in [1.54, 1.807) is 0 Å². The first-order valence-corrected chi connectivity index (χ1v) is 23.5. The third kappa shape index (κ3) is 42.6.